The van der Waals surface area contributed by atoms with E-state index in [4.69, 9.17) is 18.6 Å². The number of hydrogen-bond acceptors (Lipinski definition) is 5. The molecule has 182 valence electrons. The molecule has 0 aliphatic carbocycles. The quantitative estimate of drug-likeness (QED) is 0.502. The molecular weight excluding hydrogens is 439 g/mol. The van der Waals surface area contributed by atoms with Gasteiger partial charge >= 0.3 is 0 Å². The van der Waals surface area contributed by atoms with Gasteiger partial charge in [0.15, 0.2) is 8.32 Å². The highest BCUT2D eigenvalue weighted by molar-refractivity contribution is 6.74. The number of aliphatic hydroxyl groups is 1. The van der Waals surface area contributed by atoms with Crippen LogP contribution in [-0.4, -0.2) is 50.8 Å². The molecule has 0 aromatic heterocycles. The summed E-state index contributed by atoms with van der Waals surface area (Å²) in [7, 11) is -2.29. The second kappa shape index (κ2) is 11.2. The Morgan fingerprint density at radius 3 is 1.79 bits per heavy atom. The minimum absolute atomic E-state index is 0.0794. The van der Waals surface area contributed by atoms with Crippen LogP contribution in [0.5, 0.6) is 0 Å². The zero-order chi connectivity index (χ0) is 24.1. The van der Waals surface area contributed by atoms with Gasteiger partial charge < -0.3 is 23.7 Å². The lowest BCUT2D eigenvalue weighted by Crippen LogP contribution is -2.63. The average molecular weight is 477 g/mol. The molecule has 1 saturated heterocycles. The largest absolute Gasteiger partial charge is 0.408 e. The molecule has 0 amide bonds. The molecule has 1 fully saturated rings. The maximum Gasteiger partial charge on any atom is 0.228 e. The molecule has 1 N–H and O–H groups in total. The molecule has 33 heavy (non-hydrogen) atoms. The number of ether oxygens (including phenoxy) is 3. The van der Waals surface area contributed by atoms with E-state index in [-0.39, 0.29) is 24.9 Å². The minimum Gasteiger partial charge on any atom is -0.408 e. The van der Waals surface area contributed by atoms with Crippen LogP contribution in [0.2, 0.25) is 18.1 Å². The molecule has 1 heterocycles. The highest BCUT2D eigenvalue weighted by Gasteiger charge is 2.51. The molecule has 3 rings (SSSR count). The third kappa shape index (κ3) is 6.71. The minimum atomic E-state index is -2.29. The summed E-state index contributed by atoms with van der Waals surface area (Å²) in [5.41, 5.74) is 1.89. The molecule has 0 spiro atoms. The first kappa shape index (κ1) is 26.0. The van der Waals surface area contributed by atoms with Crippen LogP contribution in [0.3, 0.4) is 0 Å². The van der Waals surface area contributed by atoms with Crippen LogP contribution in [0, 0.1) is 0 Å². The highest BCUT2D eigenvalue weighted by atomic mass is 28.4. The summed E-state index contributed by atoms with van der Waals surface area (Å²) in [6, 6.07) is 19.3. The Balaban J connectivity index is 1.87. The molecule has 0 saturated carbocycles. The van der Waals surface area contributed by atoms with Gasteiger partial charge in [0.2, 0.25) is 6.36 Å². The molecule has 5 nitrogen and oxygen atoms in total. The SMILES string of the molecule is CC(C)(C)[Si](C)(C)O[C@H]1[C@H](OCc2ccccc2)[C@@H](OCc2ccccc2)[C@H](F)O[C@@H]1CO. The Morgan fingerprint density at radius 2 is 1.33 bits per heavy atom. The Hall–Kier alpha value is -1.61. The summed E-state index contributed by atoms with van der Waals surface area (Å²) >= 11 is 0. The molecule has 5 atom stereocenters. The molecular formula is C26H37FO5Si. The van der Waals surface area contributed by atoms with E-state index in [0.717, 1.165) is 11.1 Å². The summed E-state index contributed by atoms with van der Waals surface area (Å²) < 4.78 is 39.8. The van der Waals surface area contributed by atoms with Crippen molar-refractivity contribution in [2.45, 2.75) is 82.9 Å². The third-order valence-corrected chi connectivity index (χ3v) is 11.0. The number of aliphatic hydroxyl groups excluding tert-OH is 1. The van der Waals surface area contributed by atoms with Gasteiger partial charge in [0.25, 0.3) is 0 Å². The van der Waals surface area contributed by atoms with Crippen molar-refractivity contribution in [1.29, 1.82) is 0 Å². The van der Waals surface area contributed by atoms with Gasteiger partial charge in [0.05, 0.1) is 19.8 Å². The van der Waals surface area contributed by atoms with Gasteiger partial charge in [-0.25, -0.2) is 4.39 Å². The molecule has 7 heteroatoms. The van der Waals surface area contributed by atoms with Crippen molar-refractivity contribution in [1.82, 2.24) is 0 Å². The Bertz CT molecular complexity index is 843. The molecule has 2 aromatic rings. The predicted molar refractivity (Wildman–Crippen MR) is 129 cm³/mol. The van der Waals surface area contributed by atoms with Gasteiger partial charge in [0, 0.05) is 0 Å². The van der Waals surface area contributed by atoms with E-state index in [1.165, 1.54) is 0 Å². The standard InChI is InChI=1S/C26H37FO5Si/c1-26(2,3)33(4,5)32-22-21(16-28)31-25(27)24(30-18-20-14-10-7-11-15-20)23(22)29-17-19-12-8-6-9-13-19/h6-15,21-25,28H,16-18H2,1-5H3/t21-,22-,23+,24-,25-/m1/s1. The van der Waals surface area contributed by atoms with E-state index < -0.39 is 39.1 Å². The summed E-state index contributed by atoms with van der Waals surface area (Å²) in [4.78, 5) is 0. The highest BCUT2D eigenvalue weighted by Crippen LogP contribution is 2.40. The Labute approximate surface area is 198 Å². The lowest BCUT2D eigenvalue weighted by molar-refractivity contribution is -0.283. The number of alkyl halides is 1. The molecule has 0 unspecified atom stereocenters. The molecule has 1 aliphatic rings. The third-order valence-electron chi connectivity index (χ3n) is 6.56. The second-order valence-electron chi connectivity index (χ2n) is 10.1. The van der Waals surface area contributed by atoms with Crippen molar-refractivity contribution in [3.63, 3.8) is 0 Å². The smallest absolute Gasteiger partial charge is 0.228 e. The number of benzene rings is 2. The second-order valence-corrected chi connectivity index (χ2v) is 14.8. The fourth-order valence-corrected chi connectivity index (χ4v) is 4.89. The van der Waals surface area contributed by atoms with Crippen molar-refractivity contribution in [2.24, 2.45) is 0 Å². The predicted octanol–water partition coefficient (Wildman–Crippen LogP) is 5.23. The normalized spacial score (nSPS) is 26.3. The van der Waals surface area contributed by atoms with E-state index in [9.17, 15) is 5.11 Å². The fraction of sp³-hybridized carbons (Fsp3) is 0.538. The number of rotatable bonds is 9. The van der Waals surface area contributed by atoms with Crippen molar-refractivity contribution >= 4 is 8.32 Å². The van der Waals surface area contributed by atoms with Crippen LogP contribution in [0.15, 0.2) is 60.7 Å². The maximum absolute atomic E-state index is 15.2. The maximum atomic E-state index is 15.2. The van der Waals surface area contributed by atoms with Crippen LogP contribution >= 0.6 is 0 Å². The Morgan fingerprint density at radius 1 is 0.848 bits per heavy atom. The van der Waals surface area contributed by atoms with Crippen LogP contribution in [-0.2, 0) is 31.9 Å². The van der Waals surface area contributed by atoms with E-state index in [1.54, 1.807) is 0 Å². The average Bonchev–Trinajstić information content (AvgIpc) is 2.78. The zero-order valence-corrected chi connectivity index (χ0v) is 21.2. The van der Waals surface area contributed by atoms with Gasteiger partial charge in [-0.05, 0) is 29.3 Å². The van der Waals surface area contributed by atoms with E-state index >= 15 is 4.39 Å². The Kier molecular flexibility index (Phi) is 8.83. The van der Waals surface area contributed by atoms with Gasteiger partial charge in [-0.2, -0.15) is 0 Å². The van der Waals surface area contributed by atoms with Crippen molar-refractivity contribution in [2.75, 3.05) is 6.61 Å². The van der Waals surface area contributed by atoms with E-state index in [1.807, 2.05) is 60.7 Å². The zero-order valence-electron chi connectivity index (χ0n) is 20.2. The molecule has 0 bridgehead atoms. The lowest BCUT2D eigenvalue weighted by Gasteiger charge is -2.48. The lowest BCUT2D eigenvalue weighted by atomic mass is 9.99. The van der Waals surface area contributed by atoms with Crippen LogP contribution < -0.4 is 0 Å². The molecule has 0 radical (unpaired) electrons. The van der Waals surface area contributed by atoms with Crippen molar-refractivity contribution in [3.8, 4) is 0 Å². The first-order chi connectivity index (χ1) is 15.6. The van der Waals surface area contributed by atoms with Gasteiger partial charge in [-0.1, -0.05) is 81.4 Å². The van der Waals surface area contributed by atoms with Crippen molar-refractivity contribution < 1.29 is 28.1 Å². The molecule has 1 aliphatic heterocycles. The topological polar surface area (TPSA) is 57.2 Å². The van der Waals surface area contributed by atoms with E-state index in [2.05, 4.69) is 33.9 Å². The number of hydrogen-bond donors (Lipinski definition) is 1. The van der Waals surface area contributed by atoms with Crippen LogP contribution in [0.25, 0.3) is 0 Å². The van der Waals surface area contributed by atoms with Crippen LogP contribution in [0.1, 0.15) is 31.9 Å². The van der Waals surface area contributed by atoms with Crippen molar-refractivity contribution in [3.05, 3.63) is 71.8 Å². The van der Waals surface area contributed by atoms with Gasteiger partial charge in [-0.3, -0.25) is 0 Å². The van der Waals surface area contributed by atoms with Crippen LogP contribution in [0.4, 0.5) is 4.39 Å². The summed E-state index contributed by atoms with van der Waals surface area (Å²) in [5.74, 6) is 0. The summed E-state index contributed by atoms with van der Waals surface area (Å²) in [5, 5.41) is 9.94. The summed E-state index contributed by atoms with van der Waals surface area (Å²) in [6.07, 6.45) is -4.99. The molecule has 2 aromatic carbocycles. The first-order valence-corrected chi connectivity index (χ1v) is 14.4. The number of halogens is 1. The summed E-state index contributed by atoms with van der Waals surface area (Å²) in [6.45, 7) is 10.8. The van der Waals surface area contributed by atoms with E-state index in [0.29, 0.717) is 0 Å². The monoisotopic (exact) mass is 476 g/mol. The van der Waals surface area contributed by atoms with Gasteiger partial charge in [-0.15, -0.1) is 0 Å². The van der Waals surface area contributed by atoms with Gasteiger partial charge in [0.1, 0.15) is 24.4 Å². The first-order valence-electron chi connectivity index (χ1n) is 11.5. The fourth-order valence-electron chi connectivity index (χ4n) is 3.57.